The Morgan fingerprint density at radius 1 is 1.44 bits per heavy atom. The molecular weight excluding hydrogens is 362 g/mol. The Labute approximate surface area is 164 Å². The summed E-state index contributed by atoms with van der Waals surface area (Å²) < 4.78 is 0. The van der Waals surface area contributed by atoms with Crippen molar-refractivity contribution in [2.24, 2.45) is 5.41 Å². The van der Waals surface area contributed by atoms with E-state index in [1.807, 2.05) is 30.0 Å². The maximum Gasteiger partial charge on any atom is 0.321 e. The van der Waals surface area contributed by atoms with E-state index >= 15 is 0 Å². The number of likely N-dealkylation sites (tertiary alicyclic amines) is 1. The van der Waals surface area contributed by atoms with Gasteiger partial charge in [-0.15, -0.1) is 0 Å². The zero-order valence-electron chi connectivity index (χ0n) is 15.9. The first-order valence-corrected chi connectivity index (χ1v) is 10.1. The van der Waals surface area contributed by atoms with E-state index in [0.717, 1.165) is 49.4 Å². The van der Waals surface area contributed by atoms with Crippen molar-refractivity contribution in [2.75, 3.05) is 18.4 Å². The number of aromatic nitrogens is 3. The van der Waals surface area contributed by atoms with Crippen molar-refractivity contribution in [1.29, 1.82) is 0 Å². The number of hydrogen-bond donors (Lipinski definition) is 2. The van der Waals surface area contributed by atoms with E-state index < -0.39 is 0 Å². The molecule has 1 unspecified atom stereocenters. The minimum atomic E-state index is -0.0983. The van der Waals surface area contributed by atoms with Crippen molar-refractivity contribution in [3.8, 4) is 0 Å². The van der Waals surface area contributed by atoms with Crippen molar-refractivity contribution in [3.05, 3.63) is 40.4 Å². The SMILES string of the molecule is CCCc1nc(C2CN(C(=O)Nc3ccc(C)cc3Cl)CC23CCC3)n[nH]1. The highest BCUT2D eigenvalue weighted by molar-refractivity contribution is 6.33. The number of halogens is 1. The van der Waals surface area contributed by atoms with Crippen LogP contribution in [0.15, 0.2) is 18.2 Å². The summed E-state index contributed by atoms with van der Waals surface area (Å²) in [5.41, 5.74) is 1.85. The normalized spacial score (nSPS) is 20.7. The smallest absolute Gasteiger partial charge is 0.321 e. The Bertz CT molecular complexity index is 845. The predicted octanol–water partition coefficient (Wildman–Crippen LogP) is 4.52. The van der Waals surface area contributed by atoms with Gasteiger partial charge in [0.1, 0.15) is 5.82 Å². The van der Waals surface area contributed by atoms with Gasteiger partial charge in [-0.25, -0.2) is 9.78 Å². The van der Waals surface area contributed by atoms with Crippen molar-refractivity contribution >= 4 is 23.3 Å². The summed E-state index contributed by atoms with van der Waals surface area (Å²) in [4.78, 5) is 19.5. The highest BCUT2D eigenvalue weighted by Crippen LogP contribution is 2.55. The average Bonchev–Trinajstić information content (AvgIpc) is 3.21. The first kappa shape index (κ1) is 18.3. The molecule has 144 valence electrons. The van der Waals surface area contributed by atoms with Crippen molar-refractivity contribution < 1.29 is 4.79 Å². The molecule has 1 saturated heterocycles. The maximum absolute atomic E-state index is 12.9. The number of carbonyl (C=O) groups excluding carboxylic acids is 1. The summed E-state index contributed by atoms with van der Waals surface area (Å²) >= 11 is 6.27. The third-order valence-electron chi connectivity index (χ3n) is 6.00. The van der Waals surface area contributed by atoms with E-state index in [1.54, 1.807) is 0 Å². The molecule has 2 fully saturated rings. The van der Waals surface area contributed by atoms with E-state index in [2.05, 4.69) is 22.4 Å². The van der Waals surface area contributed by atoms with Crippen LogP contribution in [0.3, 0.4) is 0 Å². The number of nitrogens with zero attached hydrogens (tertiary/aromatic N) is 3. The van der Waals surface area contributed by atoms with E-state index in [-0.39, 0.29) is 17.4 Å². The van der Waals surface area contributed by atoms with Crippen LogP contribution >= 0.6 is 11.6 Å². The highest BCUT2D eigenvalue weighted by Gasteiger charge is 2.53. The van der Waals surface area contributed by atoms with Crippen LogP contribution in [-0.2, 0) is 6.42 Å². The fourth-order valence-corrected chi connectivity index (χ4v) is 4.63. The van der Waals surface area contributed by atoms with Gasteiger partial charge >= 0.3 is 6.03 Å². The summed E-state index contributed by atoms with van der Waals surface area (Å²) in [5.74, 6) is 2.01. The number of aryl methyl sites for hydroxylation is 2. The minimum absolute atomic E-state index is 0.0983. The first-order chi connectivity index (χ1) is 13.0. The summed E-state index contributed by atoms with van der Waals surface area (Å²) in [6.45, 7) is 5.52. The first-order valence-electron chi connectivity index (χ1n) is 9.74. The second-order valence-electron chi connectivity index (χ2n) is 7.95. The van der Waals surface area contributed by atoms with Crippen LogP contribution in [0.5, 0.6) is 0 Å². The van der Waals surface area contributed by atoms with E-state index in [4.69, 9.17) is 16.6 Å². The molecule has 0 radical (unpaired) electrons. The zero-order chi connectivity index (χ0) is 19.0. The Morgan fingerprint density at radius 2 is 2.26 bits per heavy atom. The molecule has 4 rings (SSSR count). The lowest BCUT2D eigenvalue weighted by Gasteiger charge is -2.41. The monoisotopic (exact) mass is 387 g/mol. The predicted molar refractivity (Wildman–Crippen MR) is 106 cm³/mol. The molecule has 1 aliphatic carbocycles. The lowest BCUT2D eigenvalue weighted by Crippen LogP contribution is -2.39. The van der Waals surface area contributed by atoms with Gasteiger partial charge in [-0.1, -0.05) is 31.0 Å². The minimum Gasteiger partial charge on any atom is -0.323 e. The van der Waals surface area contributed by atoms with Crippen LogP contribution in [-0.4, -0.2) is 39.2 Å². The van der Waals surface area contributed by atoms with Gasteiger partial charge in [0, 0.05) is 25.4 Å². The number of rotatable bonds is 4. The maximum atomic E-state index is 12.9. The standard InChI is InChI=1S/C20H26ClN5O/c1-3-5-17-23-18(25-24-17)14-11-26(12-20(14)8-4-9-20)19(27)22-16-7-6-13(2)10-15(16)21/h6-7,10,14H,3-5,8-9,11-12H2,1-2H3,(H,22,27)(H,23,24,25). The Hall–Kier alpha value is -2.08. The van der Waals surface area contributed by atoms with E-state index in [0.29, 0.717) is 17.3 Å². The number of anilines is 1. The van der Waals surface area contributed by atoms with Gasteiger partial charge in [0.15, 0.2) is 5.82 Å². The number of amides is 2. The quantitative estimate of drug-likeness (QED) is 0.809. The van der Waals surface area contributed by atoms with Crippen LogP contribution in [0, 0.1) is 12.3 Å². The fourth-order valence-electron chi connectivity index (χ4n) is 4.35. The number of nitrogens with one attached hydrogen (secondary N) is 2. The van der Waals surface area contributed by atoms with Gasteiger partial charge in [0.2, 0.25) is 0 Å². The number of aromatic amines is 1. The molecule has 2 aliphatic rings. The van der Waals surface area contributed by atoms with Crippen LogP contribution in [0.2, 0.25) is 5.02 Å². The number of benzene rings is 1. The highest BCUT2D eigenvalue weighted by atomic mass is 35.5. The molecule has 1 aromatic carbocycles. The van der Waals surface area contributed by atoms with Gasteiger partial charge in [-0.2, -0.15) is 5.10 Å². The molecule has 2 aromatic rings. The second-order valence-corrected chi connectivity index (χ2v) is 8.36. The number of hydrogen-bond acceptors (Lipinski definition) is 3. The van der Waals surface area contributed by atoms with Crippen LogP contribution < -0.4 is 5.32 Å². The second kappa shape index (κ2) is 7.15. The summed E-state index contributed by atoms with van der Waals surface area (Å²) in [5, 5.41) is 11.1. The lowest BCUT2D eigenvalue weighted by atomic mass is 9.62. The summed E-state index contributed by atoms with van der Waals surface area (Å²) in [7, 11) is 0. The van der Waals surface area contributed by atoms with Crippen molar-refractivity contribution in [2.45, 2.75) is 51.9 Å². The molecule has 1 aliphatic heterocycles. The van der Waals surface area contributed by atoms with Crippen LogP contribution in [0.4, 0.5) is 10.5 Å². The molecule has 1 spiro atoms. The average molecular weight is 388 g/mol. The molecule has 2 amide bonds. The molecule has 0 bridgehead atoms. The molecule has 1 atom stereocenters. The van der Waals surface area contributed by atoms with Gasteiger partial charge in [0.25, 0.3) is 0 Å². The third kappa shape index (κ3) is 3.43. The van der Waals surface area contributed by atoms with Gasteiger partial charge in [-0.05, 0) is 49.3 Å². The Kier molecular flexibility index (Phi) is 4.84. The van der Waals surface area contributed by atoms with Gasteiger partial charge in [-0.3, -0.25) is 5.10 Å². The number of urea groups is 1. The van der Waals surface area contributed by atoms with Gasteiger partial charge < -0.3 is 10.2 Å². The fraction of sp³-hybridized carbons (Fsp3) is 0.550. The number of H-pyrrole nitrogens is 1. The van der Waals surface area contributed by atoms with E-state index in [1.165, 1.54) is 6.42 Å². The van der Waals surface area contributed by atoms with Crippen molar-refractivity contribution in [3.63, 3.8) is 0 Å². The Morgan fingerprint density at radius 3 is 2.93 bits per heavy atom. The summed E-state index contributed by atoms with van der Waals surface area (Å²) in [6, 6.07) is 5.57. The van der Waals surface area contributed by atoms with E-state index in [9.17, 15) is 4.79 Å². The lowest BCUT2D eigenvalue weighted by molar-refractivity contribution is 0.122. The largest absolute Gasteiger partial charge is 0.323 e. The molecule has 6 nitrogen and oxygen atoms in total. The topological polar surface area (TPSA) is 73.9 Å². The molecule has 2 heterocycles. The molecular formula is C20H26ClN5O. The Balaban J connectivity index is 1.50. The summed E-state index contributed by atoms with van der Waals surface area (Å²) in [6.07, 6.45) is 5.41. The van der Waals surface area contributed by atoms with Crippen LogP contribution in [0.25, 0.3) is 0 Å². The molecule has 7 heteroatoms. The zero-order valence-corrected chi connectivity index (χ0v) is 16.6. The van der Waals surface area contributed by atoms with Crippen molar-refractivity contribution in [1.82, 2.24) is 20.1 Å². The third-order valence-corrected chi connectivity index (χ3v) is 6.31. The molecule has 1 aromatic heterocycles. The molecule has 27 heavy (non-hydrogen) atoms. The molecule has 1 saturated carbocycles. The molecule has 2 N–H and O–H groups in total. The van der Waals surface area contributed by atoms with Crippen LogP contribution in [0.1, 0.15) is 55.7 Å². The van der Waals surface area contributed by atoms with Gasteiger partial charge in [0.05, 0.1) is 10.7 Å². The number of carbonyl (C=O) groups is 1.